The quantitative estimate of drug-likeness (QED) is 0.584. The molecule has 0 aromatic carbocycles. The summed E-state index contributed by atoms with van der Waals surface area (Å²) in [5, 5.41) is 4.57. The van der Waals surface area contributed by atoms with Crippen LogP contribution in [0.4, 0.5) is 0 Å². The van der Waals surface area contributed by atoms with Crippen molar-refractivity contribution in [3.8, 4) is 0 Å². The first-order valence-electron chi connectivity index (χ1n) is 12.9. The Morgan fingerprint density at radius 2 is 1.91 bits per heavy atom. The standard InChI is InChI=1S/C26H35N5O3S/c1-25(2)9-21(25)23(32)30-15-26(16-30)14-29(24(33)22-10-27-17-35-22)11-18(26)12-34-13-20-7-8-28-31(20)19-5-3-4-6-19/h7-8,10,17-19,21H,3-6,9,11-16H2,1-2H3/t18-,21+/m0/s1. The number of hydrogen-bond acceptors (Lipinski definition) is 6. The molecular formula is C26H35N5O3S. The minimum absolute atomic E-state index is 0.0433. The summed E-state index contributed by atoms with van der Waals surface area (Å²) in [6, 6.07) is 2.55. The average molecular weight is 498 g/mol. The van der Waals surface area contributed by atoms with Crippen LogP contribution in [0.5, 0.6) is 0 Å². The molecule has 1 spiro atoms. The SMILES string of the molecule is CC1(C)C[C@@H]1C(=O)N1CC2(CN(C(=O)c3cncs3)C[C@H]2COCc2ccnn2C2CCCC2)C1. The van der Waals surface area contributed by atoms with E-state index in [0.29, 0.717) is 37.2 Å². The maximum absolute atomic E-state index is 13.1. The van der Waals surface area contributed by atoms with Crippen LogP contribution in [-0.4, -0.2) is 69.2 Å². The summed E-state index contributed by atoms with van der Waals surface area (Å²) in [5.41, 5.74) is 2.88. The normalized spacial score (nSPS) is 26.9. The zero-order valence-electron chi connectivity index (χ0n) is 20.7. The lowest BCUT2D eigenvalue weighted by molar-refractivity contribution is -0.148. The summed E-state index contributed by atoms with van der Waals surface area (Å²) in [5.74, 6) is 0.690. The minimum atomic E-state index is -0.0826. The fourth-order valence-electron chi connectivity index (χ4n) is 6.47. The first kappa shape index (κ1) is 23.2. The van der Waals surface area contributed by atoms with E-state index in [2.05, 4.69) is 34.7 Å². The van der Waals surface area contributed by atoms with Gasteiger partial charge >= 0.3 is 0 Å². The van der Waals surface area contributed by atoms with Gasteiger partial charge in [-0.05, 0) is 30.7 Å². The molecule has 9 heteroatoms. The summed E-state index contributed by atoms with van der Waals surface area (Å²) in [6.07, 6.45) is 9.43. The van der Waals surface area contributed by atoms with Gasteiger partial charge in [-0.2, -0.15) is 5.10 Å². The summed E-state index contributed by atoms with van der Waals surface area (Å²) >= 11 is 1.38. The third-order valence-corrected chi connectivity index (χ3v) is 9.63. The molecule has 188 valence electrons. The van der Waals surface area contributed by atoms with Crippen molar-refractivity contribution in [1.29, 1.82) is 0 Å². The van der Waals surface area contributed by atoms with E-state index in [1.165, 1.54) is 37.0 Å². The Balaban J connectivity index is 1.12. The number of ether oxygens (including phenoxy) is 1. The van der Waals surface area contributed by atoms with Crippen LogP contribution in [0.25, 0.3) is 0 Å². The number of amides is 2. The third-order valence-electron chi connectivity index (χ3n) is 8.87. The predicted octanol–water partition coefficient (Wildman–Crippen LogP) is 3.62. The Kier molecular flexibility index (Phi) is 5.75. The number of rotatable bonds is 7. The monoisotopic (exact) mass is 497 g/mol. The smallest absolute Gasteiger partial charge is 0.265 e. The molecule has 4 fully saturated rings. The third kappa shape index (κ3) is 4.20. The molecule has 0 radical (unpaired) electrons. The van der Waals surface area contributed by atoms with Gasteiger partial charge in [-0.15, -0.1) is 11.3 Å². The van der Waals surface area contributed by atoms with Crippen molar-refractivity contribution in [2.24, 2.45) is 22.7 Å². The largest absolute Gasteiger partial charge is 0.375 e. The second-order valence-electron chi connectivity index (χ2n) is 11.8. The lowest BCUT2D eigenvalue weighted by atomic mass is 9.71. The van der Waals surface area contributed by atoms with Gasteiger partial charge in [0.15, 0.2) is 0 Å². The van der Waals surface area contributed by atoms with Crippen LogP contribution in [0.1, 0.15) is 67.4 Å². The number of thiazole rings is 1. The molecule has 2 atom stereocenters. The van der Waals surface area contributed by atoms with Crippen LogP contribution in [-0.2, 0) is 16.1 Å². The average Bonchev–Trinajstić information content (AvgIpc) is 3.46. The predicted molar refractivity (Wildman–Crippen MR) is 132 cm³/mol. The van der Waals surface area contributed by atoms with Crippen molar-refractivity contribution in [3.05, 3.63) is 34.5 Å². The van der Waals surface area contributed by atoms with E-state index < -0.39 is 0 Å². The number of nitrogens with zero attached hydrogens (tertiary/aromatic N) is 5. The highest BCUT2D eigenvalue weighted by Gasteiger charge is 2.60. The van der Waals surface area contributed by atoms with E-state index in [0.717, 1.165) is 25.2 Å². The zero-order valence-corrected chi connectivity index (χ0v) is 21.5. The Morgan fingerprint density at radius 3 is 2.60 bits per heavy atom. The zero-order chi connectivity index (χ0) is 24.2. The van der Waals surface area contributed by atoms with Gasteiger partial charge < -0.3 is 14.5 Å². The van der Waals surface area contributed by atoms with Crippen LogP contribution in [0.2, 0.25) is 0 Å². The molecular weight excluding hydrogens is 462 g/mol. The molecule has 0 bridgehead atoms. The van der Waals surface area contributed by atoms with E-state index in [1.54, 1.807) is 11.7 Å². The molecule has 35 heavy (non-hydrogen) atoms. The second-order valence-corrected chi connectivity index (χ2v) is 12.7. The second kappa shape index (κ2) is 8.69. The lowest BCUT2D eigenvalue weighted by Crippen LogP contribution is -2.63. The van der Waals surface area contributed by atoms with Crippen LogP contribution in [0.15, 0.2) is 24.0 Å². The van der Waals surface area contributed by atoms with E-state index in [1.807, 2.05) is 16.0 Å². The number of carbonyl (C=O) groups is 2. The molecule has 2 amide bonds. The maximum atomic E-state index is 13.1. The molecule has 6 rings (SSSR count). The fraction of sp³-hybridized carbons (Fsp3) is 0.692. The van der Waals surface area contributed by atoms with E-state index in [-0.39, 0.29) is 34.5 Å². The summed E-state index contributed by atoms with van der Waals surface area (Å²) in [6.45, 7) is 8.24. The highest BCUT2D eigenvalue weighted by Crippen LogP contribution is 2.54. The van der Waals surface area contributed by atoms with Gasteiger partial charge in [0.2, 0.25) is 5.91 Å². The minimum Gasteiger partial charge on any atom is -0.375 e. The van der Waals surface area contributed by atoms with Crippen LogP contribution < -0.4 is 0 Å². The van der Waals surface area contributed by atoms with Crippen molar-refractivity contribution >= 4 is 23.2 Å². The Labute approximate surface area is 210 Å². The van der Waals surface area contributed by atoms with Gasteiger partial charge in [-0.3, -0.25) is 19.3 Å². The van der Waals surface area contributed by atoms with Gasteiger partial charge in [-0.1, -0.05) is 26.7 Å². The number of likely N-dealkylation sites (tertiary alicyclic amines) is 2. The molecule has 2 aromatic heterocycles. The van der Waals surface area contributed by atoms with Gasteiger partial charge in [0, 0.05) is 49.6 Å². The number of carbonyl (C=O) groups excluding carboxylic acids is 2. The maximum Gasteiger partial charge on any atom is 0.265 e. The fourth-order valence-corrected chi connectivity index (χ4v) is 7.06. The molecule has 4 aliphatic rings. The molecule has 2 aromatic rings. The van der Waals surface area contributed by atoms with Gasteiger partial charge in [0.25, 0.3) is 5.91 Å². The first-order valence-corrected chi connectivity index (χ1v) is 13.8. The van der Waals surface area contributed by atoms with Crippen LogP contribution >= 0.6 is 11.3 Å². The molecule has 0 unspecified atom stereocenters. The summed E-state index contributed by atoms with van der Waals surface area (Å²) in [4.78, 5) is 34.8. The number of hydrogen-bond donors (Lipinski definition) is 0. The van der Waals surface area contributed by atoms with Gasteiger partial charge in [0.05, 0.1) is 36.7 Å². The Bertz CT molecular complexity index is 1080. The molecule has 8 nitrogen and oxygen atoms in total. The molecule has 4 heterocycles. The first-order chi connectivity index (χ1) is 16.9. The Morgan fingerprint density at radius 1 is 1.17 bits per heavy atom. The lowest BCUT2D eigenvalue weighted by Gasteiger charge is -2.51. The highest BCUT2D eigenvalue weighted by atomic mass is 32.1. The van der Waals surface area contributed by atoms with E-state index in [4.69, 9.17) is 4.74 Å². The van der Waals surface area contributed by atoms with Crippen molar-refractivity contribution in [2.75, 3.05) is 32.8 Å². The topological polar surface area (TPSA) is 80.6 Å². The summed E-state index contributed by atoms with van der Waals surface area (Å²) < 4.78 is 8.44. The van der Waals surface area contributed by atoms with E-state index in [9.17, 15) is 9.59 Å². The molecule has 2 saturated carbocycles. The van der Waals surface area contributed by atoms with Gasteiger partial charge in [0.1, 0.15) is 4.88 Å². The molecule has 2 aliphatic carbocycles. The van der Waals surface area contributed by atoms with Crippen molar-refractivity contribution < 1.29 is 14.3 Å². The van der Waals surface area contributed by atoms with Crippen LogP contribution in [0, 0.1) is 22.7 Å². The van der Waals surface area contributed by atoms with Crippen molar-refractivity contribution in [3.63, 3.8) is 0 Å². The van der Waals surface area contributed by atoms with Gasteiger partial charge in [-0.25, -0.2) is 0 Å². The number of aromatic nitrogens is 3. The van der Waals surface area contributed by atoms with Crippen LogP contribution in [0.3, 0.4) is 0 Å². The summed E-state index contributed by atoms with van der Waals surface area (Å²) in [7, 11) is 0. The molecule has 2 saturated heterocycles. The highest BCUT2D eigenvalue weighted by molar-refractivity contribution is 7.11. The van der Waals surface area contributed by atoms with Crippen molar-refractivity contribution in [1.82, 2.24) is 24.6 Å². The Hall–Kier alpha value is -2.26. The van der Waals surface area contributed by atoms with Crippen molar-refractivity contribution in [2.45, 2.75) is 58.6 Å². The van der Waals surface area contributed by atoms with E-state index >= 15 is 0 Å². The molecule has 0 N–H and O–H groups in total. The molecule has 2 aliphatic heterocycles.